The van der Waals surface area contributed by atoms with Gasteiger partial charge in [0.2, 0.25) is 5.95 Å². The van der Waals surface area contributed by atoms with Gasteiger partial charge < -0.3 is 10.6 Å². The highest BCUT2D eigenvalue weighted by atomic mass is 32.1. The number of hydrogen-bond acceptors (Lipinski definition) is 7. The van der Waals surface area contributed by atoms with Crippen LogP contribution in [-0.2, 0) is 6.54 Å². The highest BCUT2D eigenvalue weighted by molar-refractivity contribution is 7.22. The zero-order chi connectivity index (χ0) is 23.1. The Hall–Kier alpha value is -3.76. The molecule has 7 nitrogen and oxygen atoms in total. The van der Waals surface area contributed by atoms with E-state index in [0.29, 0.717) is 23.9 Å². The third kappa shape index (κ3) is 4.02. The summed E-state index contributed by atoms with van der Waals surface area (Å²) < 4.78 is 31.6. The van der Waals surface area contributed by atoms with Crippen LogP contribution in [0, 0.1) is 11.6 Å². The quantitative estimate of drug-likeness (QED) is 0.333. The summed E-state index contributed by atoms with van der Waals surface area (Å²) in [5, 5.41) is 15.0. The van der Waals surface area contributed by atoms with E-state index >= 15 is 0 Å². The summed E-state index contributed by atoms with van der Waals surface area (Å²) in [6.45, 7) is 1.97. The monoisotopic (exact) mass is 475 g/mol. The summed E-state index contributed by atoms with van der Waals surface area (Å²) in [7, 11) is 0. The Labute approximate surface area is 197 Å². The Balaban J connectivity index is 1.35. The number of halogens is 2. The second-order valence-electron chi connectivity index (χ2n) is 8.01. The molecule has 2 N–H and O–H groups in total. The largest absolute Gasteiger partial charge is 0.352 e. The number of fused-ring (bicyclic) bond motifs is 1. The van der Waals surface area contributed by atoms with E-state index in [9.17, 15) is 8.78 Å². The van der Waals surface area contributed by atoms with Gasteiger partial charge in [-0.3, -0.25) is 4.68 Å². The van der Waals surface area contributed by atoms with E-state index in [-0.39, 0.29) is 17.6 Å². The number of benzene rings is 2. The normalized spacial score (nSPS) is 15.1. The van der Waals surface area contributed by atoms with Crippen LogP contribution in [-0.4, -0.2) is 38.1 Å². The molecule has 4 heterocycles. The molecule has 0 bridgehead atoms. The summed E-state index contributed by atoms with van der Waals surface area (Å²) in [6.07, 6.45) is 4.54. The number of aromatic nitrogens is 5. The summed E-state index contributed by atoms with van der Waals surface area (Å²) in [5.41, 5.74) is 3.08. The zero-order valence-electron chi connectivity index (χ0n) is 17.9. The molecule has 0 aliphatic carbocycles. The summed E-state index contributed by atoms with van der Waals surface area (Å²) in [6, 6.07) is 13.0. The van der Waals surface area contributed by atoms with Crippen molar-refractivity contribution in [1.82, 2.24) is 30.3 Å². The average Bonchev–Trinajstić information content (AvgIpc) is 3.37. The third-order valence-corrected chi connectivity index (χ3v) is 6.90. The van der Waals surface area contributed by atoms with Crippen LogP contribution < -0.4 is 10.6 Å². The van der Waals surface area contributed by atoms with Gasteiger partial charge in [-0.15, -0.1) is 16.4 Å². The van der Waals surface area contributed by atoms with Crippen molar-refractivity contribution < 1.29 is 8.78 Å². The van der Waals surface area contributed by atoms with Gasteiger partial charge in [0.1, 0.15) is 11.5 Å². The molecule has 0 radical (unpaired) electrons. The van der Waals surface area contributed by atoms with Crippen LogP contribution in [0.15, 0.2) is 61.1 Å². The molecular weight excluding hydrogens is 456 g/mol. The highest BCUT2D eigenvalue weighted by Crippen LogP contribution is 2.42. The first-order chi connectivity index (χ1) is 16.7. The Bertz CT molecular complexity index is 1480. The molecule has 0 spiro atoms. The fraction of sp³-hybridized carbons (Fsp3) is 0.167. The van der Waals surface area contributed by atoms with Crippen LogP contribution in [0.1, 0.15) is 11.6 Å². The van der Waals surface area contributed by atoms with Crippen molar-refractivity contribution in [3.8, 4) is 21.7 Å². The average molecular weight is 476 g/mol. The second-order valence-corrected chi connectivity index (χ2v) is 9.06. The predicted molar refractivity (Wildman–Crippen MR) is 127 cm³/mol. The first kappa shape index (κ1) is 20.8. The molecule has 1 atom stereocenters. The van der Waals surface area contributed by atoms with Crippen LogP contribution in [0.2, 0.25) is 0 Å². The molecule has 1 aliphatic heterocycles. The Morgan fingerprint density at radius 1 is 1.15 bits per heavy atom. The molecule has 0 saturated carbocycles. The van der Waals surface area contributed by atoms with Crippen LogP contribution in [0.5, 0.6) is 0 Å². The molecule has 0 amide bonds. The molecule has 1 saturated heterocycles. The number of rotatable bonds is 7. The molecule has 34 heavy (non-hydrogen) atoms. The standard InChI is InChI=1S/C24H19F2N7S/c25-15-4-5-16(20-13-28-20)18(11-15)17-3-1-2-14-10-21(34-23(14)17)22-19(26)12-29-24(31-22)27-6-8-33-9-7-30-32-33/h1-5,7,9-12,20,28H,6,8,13H2,(H,27,29,31). The lowest BCUT2D eigenvalue weighted by atomic mass is 9.96. The van der Waals surface area contributed by atoms with Crippen molar-refractivity contribution >= 4 is 27.4 Å². The fourth-order valence-corrected chi connectivity index (χ4v) is 5.17. The van der Waals surface area contributed by atoms with Gasteiger partial charge in [-0.25, -0.2) is 18.7 Å². The lowest BCUT2D eigenvalue weighted by Crippen LogP contribution is -2.13. The molecular formula is C24H19F2N7S. The Morgan fingerprint density at radius 2 is 2.06 bits per heavy atom. The number of nitrogens with one attached hydrogen (secondary N) is 2. The van der Waals surface area contributed by atoms with E-state index in [1.807, 2.05) is 30.3 Å². The number of hydrogen-bond donors (Lipinski definition) is 2. The number of nitrogens with zero attached hydrogens (tertiary/aromatic N) is 5. The van der Waals surface area contributed by atoms with Crippen molar-refractivity contribution in [2.45, 2.75) is 12.6 Å². The van der Waals surface area contributed by atoms with Gasteiger partial charge in [-0.1, -0.05) is 29.5 Å². The summed E-state index contributed by atoms with van der Waals surface area (Å²) >= 11 is 1.44. The molecule has 1 aliphatic rings. The minimum Gasteiger partial charge on any atom is -0.352 e. The Morgan fingerprint density at radius 3 is 2.88 bits per heavy atom. The van der Waals surface area contributed by atoms with Gasteiger partial charge >= 0.3 is 0 Å². The van der Waals surface area contributed by atoms with Crippen molar-refractivity contribution in [1.29, 1.82) is 0 Å². The van der Waals surface area contributed by atoms with E-state index < -0.39 is 5.82 Å². The molecule has 170 valence electrons. The molecule has 1 fully saturated rings. The van der Waals surface area contributed by atoms with Crippen molar-refractivity contribution in [2.75, 3.05) is 18.4 Å². The van der Waals surface area contributed by atoms with Gasteiger partial charge in [-0.05, 0) is 40.3 Å². The smallest absolute Gasteiger partial charge is 0.223 e. The van der Waals surface area contributed by atoms with Crippen molar-refractivity contribution in [2.24, 2.45) is 0 Å². The van der Waals surface area contributed by atoms with Gasteiger partial charge in [0.05, 0.1) is 23.8 Å². The van der Waals surface area contributed by atoms with E-state index in [4.69, 9.17) is 0 Å². The van der Waals surface area contributed by atoms with Gasteiger partial charge in [0.25, 0.3) is 0 Å². The van der Waals surface area contributed by atoms with Crippen LogP contribution in [0.25, 0.3) is 31.8 Å². The van der Waals surface area contributed by atoms with Gasteiger partial charge in [-0.2, -0.15) is 0 Å². The fourth-order valence-electron chi connectivity index (χ4n) is 4.00. The molecule has 2 aromatic carbocycles. The SMILES string of the molecule is Fc1ccc(C2CN2)c(-c2cccc3cc(-c4nc(NCCn5ccnn5)ncc4F)sc23)c1. The van der Waals surface area contributed by atoms with Crippen molar-refractivity contribution in [3.63, 3.8) is 0 Å². The van der Waals surface area contributed by atoms with E-state index in [1.165, 1.54) is 23.6 Å². The molecule has 3 aromatic heterocycles. The summed E-state index contributed by atoms with van der Waals surface area (Å²) in [5.74, 6) is -0.443. The van der Waals surface area contributed by atoms with Crippen LogP contribution in [0.3, 0.4) is 0 Å². The van der Waals surface area contributed by atoms with Gasteiger partial charge in [0.15, 0.2) is 5.82 Å². The molecule has 10 heteroatoms. The first-order valence-electron chi connectivity index (χ1n) is 10.8. The minimum absolute atomic E-state index is 0.230. The predicted octanol–water partition coefficient (Wildman–Crippen LogP) is 4.65. The van der Waals surface area contributed by atoms with Crippen molar-refractivity contribution in [3.05, 3.63) is 78.3 Å². The Kier molecular flexibility index (Phi) is 5.23. The van der Waals surface area contributed by atoms with E-state index in [2.05, 4.69) is 30.9 Å². The first-order valence-corrected chi connectivity index (χ1v) is 11.6. The van der Waals surface area contributed by atoms with Crippen LogP contribution >= 0.6 is 11.3 Å². The molecule has 6 rings (SSSR count). The minimum atomic E-state index is -0.497. The van der Waals surface area contributed by atoms with E-state index in [0.717, 1.165) is 33.3 Å². The molecule has 1 unspecified atom stereocenters. The van der Waals surface area contributed by atoms with Crippen LogP contribution in [0.4, 0.5) is 14.7 Å². The topological polar surface area (TPSA) is 90.5 Å². The lowest BCUT2D eigenvalue weighted by Gasteiger charge is -2.10. The maximum atomic E-state index is 14.8. The van der Waals surface area contributed by atoms with Gasteiger partial charge in [0, 0.05) is 30.0 Å². The van der Waals surface area contributed by atoms with E-state index in [1.54, 1.807) is 23.1 Å². The maximum absolute atomic E-state index is 14.8. The third-order valence-electron chi connectivity index (χ3n) is 5.71. The second kappa shape index (κ2) is 8.54. The molecule has 5 aromatic rings. The number of thiophene rings is 1. The summed E-state index contributed by atoms with van der Waals surface area (Å²) in [4.78, 5) is 9.17. The lowest BCUT2D eigenvalue weighted by molar-refractivity contribution is 0.604. The zero-order valence-corrected chi connectivity index (χ0v) is 18.7. The maximum Gasteiger partial charge on any atom is 0.223 e. The highest BCUT2D eigenvalue weighted by Gasteiger charge is 2.26. The number of anilines is 1.